The molecule has 2 rings (SSSR count). The van der Waals surface area contributed by atoms with E-state index in [1.165, 1.54) is 26.4 Å². The summed E-state index contributed by atoms with van der Waals surface area (Å²) >= 11 is 0. The Bertz CT molecular complexity index is 1110. The molecule has 0 atom stereocenters. The maximum absolute atomic E-state index is 13.0. The van der Waals surface area contributed by atoms with Crippen molar-refractivity contribution in [3.63, 3.8) is 0 Å². The van der Waals surface area contributed by atoms with Gasteiger partial charge in [-0.15, -0.1) is 0 Å². The Kier molecular flexibility index (Phi) is 8.59. The highest BCUT2D eigenvalue weighted by Crippen LogP contribution is 2.34. The molecule has 0 radical (unpaired) electrons. The van der Waals surface area contributed by atoms with Crippen molar-refractivity contribution in [1.29, 1.82) is 0 Å². The maximum atomic E-state index is 13.0. The van der Waals surface area contributed by atoms with Crippen LogP contribution in [-0.2, 0) is 32.4 Å². The third-order valence-corrected chi connectivity index (χ3v) is 5.98. The van der Waals surface area contributed by atoms with E-state index in [0.717, 1.165) is 18.2 Å². The highest BCUT2D eigenvalue weighted by molar-refractivity contribution is 7.87. The van der Waals surface area contributed by atoms with E-state index in [-0.39, 0.29) is 24.0 Å². The molecule has 0 aliphatic rings. The molecule has 0 aromatic heterocycles. The summed E-state index contributed by atoms with van der Waals surface area (Å²) in [5.41, 5.74) is -1.25. The van der Waals surface area contributed by atoms with Crippen LogP contribution in [0.15, 0.2) is 47.4 Å². The van der Waals surface area contributed by atoms with Gasteiger partial charge < -0.3 is 18.6 Å². The van der Waals surface area contributed by atoms with Gasteiger partial charge in [0.15, 0.2) is 11.5 Å². The van der Waals surface area contributed by atoms with Crippen LogP contribution in [0.4, 0.5) is 13.2 Å². The number of benzene rings is 2. The molecule has 0 aliphatic heterocycles. The number of alkyl halides is 3. The number of carbonyl (C=O) groups excluding carboxylic acids is 1. The van der Waals surface area contributed by atoms with E-state index in [2.05, 4.69) is 0 Å². The van der Waals surface area contributed by atoms with E-state index in [1.807, 2.05) is 0 Å². The second kappa shape index (κ2) is 10.6. The van der Waals surface area contributed by atoms with Crippen molar-refractivity contribution in [3.05, 3.63) is 53.6 Å². The molecule has 1 amide bonds. The van der Waals surface area contributed by atoms with E-state index in [0.29, 0.717) is 24.8 Å². The molecule has 11 heteroatoms. The molecule has 0 bridgehead atoms. The second-order valence-corrected chi connectivity index (χ2v) is 10.1. The van der Waals surface area contributed by atoms with Gasteiger partial charge in [-0.25, -0.2) is 0 Å². The fourth-order valence-corrected chi connectivity index (χ4v) is 4.01. The van der Waals surface area contributed by atoms with Crippen molar-refractivity contribution in [3.8, 4) is 11.5 Å². The molecule has 0 N–H and O–H groups in total. The number of amides is 1. The molecule has 0 aliphatic carbocycles. The van der Waals surface area contributed by atoms with Gasteiger partial charge in [0, 0.05) is 25.6 Å². The summed E-state index contributed by atoms with van der Waals surface area (Å²) < 4.78 is 79.9. The summed E-state index contributed by atoms with van der Waals surface area (Å²) in [6, 6.07) is 7.73. The minimum absolute atomic E-state index is 0.0601. The molecule has 0 saturated carbocycles. The number of nitrogens with zero attached hydrogens (tertiary/aromatic N) is 1. The van der Waals surface area contributed by atoms with Crippen molar-refractivity contribution in [2.24, 2.45) is 5.41 Å². The van der Waals surface area contributed by atoms with Gasteiger partial charge in [0.1, 0.15) is 4.90 Å². The third-order valence-electron chi connectivity index (χ3n) is 4.75. The summed E-state index contributed by atoms with van der Waals surface area (Å²) in [6.07, 6.45) is -4.71. The van der Waals surface area contributed by atoms with Gasteiger partial charge in [0.05, 0.1) is 19.3 Å². The third kappa shape index (κ3) is 7.10. The average molecular weight is 504 g/mol. The van der Waals surface area contributed by atoms with Crippen molar-refractivity contribution in [2.75, 3.05) is 27.4 Å². The van der Waals surface area contributed by atoms with Crippen LogP contribution in [-0.4, -0.2) is 46.6 Å². The molecule has 34 heavy (non-hydrogen) atoms. The smallest absolute Gasteiger partial charge is 0.416 e. The number of methoxy groups -OCH3 is 2. The van der Waals surface area contributed by atoms with Crippen LogP contribution in [0.5, 0.6) is 11.5 Å². The molecule has 7 nitrogen and oxygen atoms in total. The van der Waals surface area contributed by atoms with Crippen LogP contribution < -0.4 is 8.92 Å². The highest BCUT2D eigenvalue weighted by atomic mass is 32.2. The largest absolute Gasteiger partial charge is 0.493 e. The van der Waals surface area contributed by atoms with Gasteiger partial charge in [0.25, 0.3) is 0 Å². The minimum atomic E-state index is -4.71. The van der Waals surface area contributed by atoms with Crippen molar-refractivity contribution in [2.45, 2.75) is 38.4 Å². The summed E-state index contributed by atoms with van der Waals surface area (Å²) in [7, 11) is -1.80. The molecule has 188 valence electrons. The molecule has 2 aromatic rings. The topological polar surface area (TPSA) is 82.1 Å². The van der Waals surface area contributed by atoms with Crippen molar-refractivity contribution >= 4 is 16.0 Å². The van der Waals surface area contributed by atoms with Gasteiger partial charge in [-0.1, -0.05) is 32.9 Å². The minimum Gasteiger partial charge on any atom is -0.493 e. The lowest BCUT2D eigenvalue weighted by Gasteiger charge is -2.29. The van der Waals surface area contributed by atoms with E-state index >= 15 is 0 Å². The van der Waals surface area contributed by atoms with E-state index in [4.69, 9.17) is 13.7 Å². The fraction of sp³-hybridized carbons (Fsp3) is 0.435. The molecular weight excluding hydrogens is 475 g/mol. The van der Waals surface area contributed by atoms with Crippen LogP contribution >= 0.6 is 0 Å². The van der Waals surface area contributed by atoms with Gasteiger partial charge in [-0.2, -0.15) is 21.6 Å². The summed E-state index contributed by atoms with van der Waals surface area (Å²) in [5.74, 6) is -0.295. The number of carbonyl (C=O) groups is 1. The first-order valence-electron chi connectivity index (χ1n) is 10.3. The van der Waals surface area contributed by atoms with Gasteiger partial charge in [-0.05, 0) is 35.9 Å². The maximum Gasteiger partial charge on any atom is 0.416 e. The zero-order valence-corrected chi connectivity index (χ0v) is 20.4. The Morgan fingerprint density at radius 1 is 1.00 bits per heavy atom. The lowest BCUT2D eigenvalue weighted by Crippen LogP contribution is -2.40. The first-order valence-corrected chi connectivity index (χ1v) is 11.7. The van der Waals surface area contributed by atoms with Crippen LogP contribution in [0.3, 0.4) is 0 Å². The summed E-state index contributed by atoms with van der Waals surface area (Å²) in [5, 5.41) is 0. The summed E-state index contributed by atoms with van der Waals surface area (Å²) in [4.78, 5) is 13.7. The van der Waals surface area contributed by atoms with Crippen molar-refractivity contribution in [1.82, 2.24) is 4.90 Å². The van der Waals surface area contributed by atoms with Crippen molar-refractivity contribution < 1.29 is 40.0 Å². The molecule has 0 spiro atoms. The molecule has 0 unspecified atom stereocenters. The molecule has 0 heterocycles. The molecular formula is C23H28F3NO6S. The standard InChI is InChI=1S/C23H28F3NO6S/c1-22(2,3)21(28)27(11-12-31-4)15-16-9-10-19(32-5)20(13-16)33-34(29,30)18-8-6-7-17(14-18)23(24,25)26/h6-10,13-14H,11-12,15H2,1-5H3. The Balaban J connectivity index is 2.39. The van der Waals surface area contributed by atoms with Gasteiger partial charge >= 0.3 is 16.3 Å². The lowest BCUT2D eigenvalue weighted by molar-refractivity contribution is -0.140. The SMILES string of the molecule is COCCN(Cc1ccc(OC)c(OS(=O)(=O)c2cccc(C(F)(F)F)c2)c1)C(=O)C(C)(C)C. The first-order chi connectivity index (χ1) is 15.7. The van der Waals surface area contributed by atoms with Crippen LogP contribution in [0.2, 0.25) is 0 Å². The van der Waals surface area contributed by atoms with E-state index in [9.17, 15) is 26.4 Å². The average Bonchev–Trinajstić information content (AvgIpc) is 2.75. The van der Waals surface area contributed by atoms with E-state index in [1.54, 1.807) is 31.7 Å². The second-order valence-electron chi connectivity index (χ2n) is 8.52. The van der Waals surface area contributed by atoms with Gasteiger partial charge in [0.2, 0.25) is 5.91 Å². The quantitative estimate of drug-likeness (QED) is 0.469. The van der Waals surface area contributed by atoms with Gasteiger partial charge in [-0.3, -0.25) is 4.79 Å². The molecule has 0 fully saturated rings. The monoisotopic (exact) mass is 503 g/mol. The molecule has 0 saturated heterocycles. The number of hydrogen-bond acceptors (Lipinski definition) is 6. The van der Waals surface area contributed by atoms with Crippen LogP contribution in [0.25, 0.3) is 0 Å². The predicted octanol–water partition coefficient (Wildman–Crippen LogP) is 4.50. The Labute approximate surface area is 197 Å². The lowest BCUT2D eigenvalue weighted by atomic mass is 9.94. The first kappa shape index (κ1) is 27.5. The normalized spacial score (nSPS) is 12.4. The summed E-state index contributed by atoms with van der Waals surface area (Å²) in [6.45, 7) is 6.06. The zero-order valence-electron chi connectivity index (χ0n) is 19.6. The number of hydrogen-bond donors (Lipinski definition) is 0. The number of ether oxygens (including phenoxy) is 2. The molecule has 2 aromatic carbocycles. The number of halogens is 3. The fourth-order valence-electron chi connectivity index (χ4n) is 3.03. The highest BCUT2D eigenvalue weighted by Gasteiger charge is 2.32. The Morgan fingerprint density at radius 3 is 2.24 bits per heavy atom. The van der Waals surface area contributed by atoms with E-state index < -0.39 is 32.2 Å². The predicted molar refractivity (Wildman–Crippen MR) is 119 cm³/mol. The van der Waals surface area contributed by atoms with Crippen LogP contribution in [0, 0.1) is 5.41 Å². The number of rotatable bonds is 9. The van der Waals surface area contributed by atoms with Crippen LogP contribution in [0.1, 0.15) is 31.9 Å². The zero-order chi connectivity index (χ0) is 25.7. The Morgan fingerprint density at radius 2 is 1.68 bits per heavy atom. The Hall–Kier alpha value is -2.79.